The maximum atomic E-state index is 13.0. The summed E-state index contributed by atoms with van der Waals surface area (Å²) in [5.74, 6) is 1.08. The summed E-state index contributed by atoms with van der Waals surface area (Å²) in [7, 11) is 0. The third kappa shape index (κ3) is 3.24. The van der Waals surface area contributed by atoms with Crippen LogP contribution in [0.2, 0.25) is 0 Å². The van der Waals surface area contributed by atoms with Gasteiger partial charge in [-0.05, 0) is 37.3 Å². The smallest absolute Gasteiger partial charge is 0.244 e. The molecule has 2 heterocycles. The molecule has 0 bridgehead atoms. The molecule has 3 rings (SSSR count). The lowest BCUT2D eigenvalue weighted by atomic mass is 9.91. The lowest BCUT2D eigenvalue weighted by Crippen LogP contribution is -2.54. The molecule has 124 valence electrons. The average molecular weight is 315 g/mol. The van der Waals surface area contributed by atoms with Crippen molar-refractivity contribution in [1.82, 2.24) is 4.90 Å². The lowest BCUT2D eigenvalue weighted by molar-refractivity contribution is -0.126. The Balaban J connectivity index is 1.81. The van der Waals surface area contributed by atoms with E-state index in [2.05, 4.69) is 24.1 Å². The highest BCUT2D eigenvalue weighted by Gasteiger charge is 2.34. The molecule has 1 saturated heterocycles. The summed E-state index contributed by atoms with van der Waals surface area (Å²) >= 11 is 0. The zero-order chi connectivity index (χ0) is 16.6. The molecule has 1 fully saturated rings. The van der Waals surface area contributed by atoms with Gasteiger partial charge in [0.05, 0.1) is 17.4 Å². The van der Waals surface area contributed by atoms with E-state index in [1.54, 1.807) is 4.90 Å². The fraction of sp³-hybridized carbons (Fsp3) is 0.556. The molecule has 0 aliphatic carbocycles. The Morgan fingerprint density at radius 1 is 1.22 bits per heavy atom. The second kappa shape index (κ2) is 6.32. The number of carbonyl (C=O) groups is 2. The van der Waals surface area contributed by atoms with Gasteiger partial charge in [0.1, 0.15) is 6.54 Å². The van der Waals surface area contributed by atoms with Crippen molar-refractivity contribution in [2.24, 2.45) is 11.8 Å². The van der Waals surface area contributed by atoms with Crippen LogP contribution in [0.15, 0.2) is 24.3 Å². The first-order chi connectivity index (χ1) is 11.0. The largest absolute Gasteiger partial charge is 0.323 e. The quantitative estimate of drug-likeness (QED) is 0.911. The van der Waals surface area contributed by atoms with Crippen molar-refractivity contribution in [2.75, 3.05) is 29.9 Å². The molecule has 0 radical (unpaired) electrons. The minimum Gasteiger partial charge on any atom is -0.323 e. The summed E-state index contributed by atoms with van der Waals surface area (Å²) in [6.07, 6.45) is 1.21. The van der Waals surface area contributed by atoms with E-state index in [1.807, 2.05) is 31.2 Å². The highest BCUT2D eigenvalue weighted by Crippen LogP contribution is 2.30. The number of nitrogens with zero attached hydrogens (tertiary/aromatic N) is 2. The monoisotopic (exact) mass is 315 g/mol. The van der Waals surface area contributed by atoms with Crippen molar-refractivity contribution in [3.05, 3.63) is 24.3 Å². The molecule has 0 unspecified atom stereocenters. The summed E-state index contributed by atoms with van der Waals surface area (Å²) in [6, 6.07) is 7.28. The van der Waals surface area contributed by atoms with Crippen LogP contribution in [0.5, 0.6) is 0 Å². The average Bonchev–Trinajstić information content (AvgIpc) is 2.51. The first-order valence-electron chi connectivity index (χ1n) is 8.40. The third-order valence-electron chi connectivity index (χ3n) is 4.84. The van der Waals surface area contributed by atoms with E-state index in [0.29, 0.717) is 17.5 Å². The second-order valence-electron chi connectivity index (χ2n) is 7.07. The maximum Gasteiger partial charge on any atom is 0.244 e. The molecule has 1 aromatic carbocycles. The number of nitrogens with one attached hydrogen (secondary N) is 1. The number of likely N-dealkylation sites (tertiary alicyclic amines) is 1. The number of amides is 2. The fourth-order valence-electron chi connectivity index (χ4n) is 3.84. The zero-order valence-electron chi connectivity index (χ0n) is 14.1. The van der Waals surface area contributed by atoms with Gasteiger partial charge in [0.2, 0.25) is 11.8 Å². The van der Waals surface area contributed by atoms with Crippen molar-refractivity contribution < 1.29 is 9.59 Å². The van der Waals surface area contributed by atoms with Gasteiger partial charge in [0, 0.05) is 13.1 Å². The number of carbonyl (C=O) groups excluding carboxylic acids is 2. The molecule has 1 N–H and O–H groups in total. The van der Waals surface area contributed by atoms with Crippen LogP contribution in [-0.4, -0.2) is 42.4 Å². The van der Waals surface area contributed by atoms with Gasteiger partial charge in [-0.3, -0.25) is 19.4 Å². The number of piperidine rings is 1. The van der Waals surface area contributed by atoms with Crippen molar-refractivity contribution in [1.29, 1.82) is 0 Å². The van der Waals surface area contributed by atoms with Gasteiger partial charge in [0.15, 0.2) is 0 Å². The van der Waals surface area contributed by atoms with Crippen LogP contribution in [0.25, 0.3) is 0 Å². The lowest BCUT2D eigenvalue weighted by Gasteiger charge is -2.40. The van der Waals surface area contributed by atoms with E-state index in [0.717, 1.165) is 18.8 Å². The van der Waals surface area contributed by atoms with Gasteiger partial charge in [-0.2, -0.15) is 0 Å². The first kappa shape index (κ1) is 16.0. The molecule has 2 aliphatic heterocycles. The van der Waals surface area contributed by atoms with Crippen molar-refractivity contribution in [3.8, 4) is 0 Å². The topological polar surface area (TPSA) is 52.7 Å². The van der Waals surface area contributed by atoms with Crippen LogP contribution < -0.4 is 10.2 Å². The van der Waals surface area contributed by atoms with Crippen LogP contribution in [0.3, 0.4) is 0 Å². The number of hydrogen-bond acceptors (Lipinski definition) is 3. The van der Waals surface area contributed by atoms with E-state index >= 15 is 0 Å². The highest BCUT2D eigenvalue weighted by molar-refractivity contribution is 6.11. The van der Waals surface area contributed by atoms with Gasteiger partial charge in [-0.1, -0.05) is 26.0 Å². The Morgan fingerprint density at radius 2 is 1.87 bits per heavy atom. The molecule has 0 aromatic heterocycles. The van der Waals surface area contributed by atoms with Gasteiger partial charge >= 0.3 is 0 Å². The van der Waals surface area contributed by atoms with E-state index in [-0.39, 0.29) is 24.4 Å². The third-order valence-corrected chi connectivity index (χ3v) is 4.84. The molecule has 3 atom stereocenters. The number of anilines is 2. The summed E-state index contributed by atoms with van der Waals surface area (Å²) < 4.78 is 0. The molecule has 1 aromatic rings. The van der Waals surface area contributed by atoms with Crippen molar-refractivity contribution >= 4 is 23.2 Å². The predicted octanol–water partition coefficient (Wildman–Crippen LogP) is 2.34. The second-order valence-corrected chi connectivity index (χ2v) is 7.07. The van der Waals surface area contributed by atoms with E-state index in [4.69, 9.17) is 0 Å². The summed E-state index contributed by atoms with van der Waals surface area (Å²) in [6.45, 7) is 8.42. The van der Waals surface area contributed by atoms with Gasteiger partial charge < -0.3 is 5.32 Å². The standard InChI is InChI=1S/C18H25N3O2/c1-12-8-13(2)10-20(9-12)14(3)18(23)21-11-17(22)19-15-6-4-5-7-16(15)21/h4-7,12-14H,8-11H2,1-3H3,(H,19,22)/t12-,13-,14-/m1/s1. The molecule has 0 spiro atoms. The Morgan fingerprint density at radius 3 is 2.57 bits per heavy atom. The Labute approximate surface area is 137 Å². The van der Waals surface area contributed by atoms with Crippen LogP contribution >= 0.6 is 0 Å². The number of rotatable bonds is 2. The molecule has 5 heteroatoms. The van der Waals surface area contributed by atoms with Crippen LogP contribution in [0, 0.1) is 11.8 Å². The van der Waals surface area contributed by atoms with Crippen molar-refractivity contribution in [2.45, 2.75) is 33.2 Å². The number of hydrogen-bond donors (Lipinski definition) is 1. The predicted molar refractivity (Wildman–Crippen MR) is 91.4 cm³/mol. The normalized spacial score (nSPS) is 26.4. The van der Waals surface area contributed by atoms with Crippen LogP contribution in [0.4, 0.5) is 11.4 Å². The number of para-hydroxylation sites is 2. The Bertz CT molecular complexity index is 606. The molecular weight excluding hydrogens is 290 g/mol. The summed E-state index contributed by atoms with van der Waals surface area (Å²) in [5, 5.41) is 2.83. The fourth-order valence-corrected chi connectivity index (χ4v) is 3.84. The molecule has 2 amide bonds. The first-order valence-corrected chi connectivity index (χ1v) is 8.40. The Kier molecular flexibility index (Phi) is 4.39. The van der Waals surface area contributed by atoms with Crippen LogP contribution in [-0.2, 0) is 9.59 Å². The molecule has 23 heavy (non-hydrogen) atoms. The minimum absolute atomic E-state index is 0.00796. The molecular formula is C18H25N3O2. The maximum absolute atomic E-state index is 13.0. The van der Waals surface area contributed by atoms with Gasteiger partial charge in [0.25, 0.3) is 0 Å². The summed E-state index contributed by atoms with van der Waals surface area (Å²) in [5.41, 5.74) is 1.51. The van der Waals surface area contributed by atoms with Gasteiger partial charge in [-0.15, -0.1) is 0 Å². The van der Waals surface area contributed by atoms with Crippen LogP contribution in [0.1, 0.15) is 27.2 Å². The molecule has 2 aliphatic rings. The van der Waals surface area contributed by atoms with E-state index in [1.165, 1.54) is 6.42 Å². The SMILES string of the molecule is C[C@@H]1C[C@@H](C)CN([C@H](C)C(=O)N2CC(=O)Nc3ccccc32)C1. The highest BCUT2D eigenvalue weighted by atomic mass is 16.2. The van der Waals surface area contributed by atoms with E-state index in [9.17, 15) is 9.59 Å². The molecule has 0 saturated carbocycles. The minimum atomic E-state index is -0.209. The summed E-state index contributed by atoms with van der Waals surface area (Å²) in [4.78, 5) is 28.8. The van der Waals surface area contributed by atoms with E-state index < -0.39 is 0 Å². The number of benzene rings is 1. The zero-order valence-corrected chi connectivity index (χ0v) is 14.1. The van der Waals surface area contributed by atoms with Crippen molar-refractivity contribution in [3.63, 3.8) is 0 Å². The van der Waals surface area contributed by atoms with Gasteiger partial charge in [-0.25, -0.2) is 0 Å². The molecule has 5 nitrogen and oxygen atoms in total. The Hall–Kier alpha value is -1.88. The number of fused-ring (bicyclic) bond motifs is 1.